The van der Waals surface area contributed by atoms with Crippen LogP contribution in [0.4, 0.5) is 10.5 Å². The Balaban J connectivity index is 1.39. The lowest BCUT2D eigenvalue weighted by molar-refractivity contribution is -0.135. The molecule has 1 aromatic heterocycles. The van der Waals surface area contributed by atoms with E-state index in [1.807, 2.05) is 18.2 Å². The zero-order valence-electron chi connectivity index (χ0n) is 20.2. The van der Waals surface area contributed by atoms with Crippen LogP contribution in [0.1, 0.15) is 28.8 Å². The normalized spacial score (nSPS) is 19.1. The number of anilines is 1. The lowest BCUT2D eigenvalue weighted by Crippen LogP contribution is -2.52. The van der Waals surface area contributed by atoms with Crippen molar-refractivity contribution in [1.82, 2.24) is 14.8 Å². The van der Waals surface area contributed by atoms with E-state index in [0.29, 0.717) is 66.3 Å². The molecule has 0 aliphatic carbocycles. The number of hydrogen-bond donors (Lipinski definition) is 1. The number of nitrogens with one attached hydrogen (secondary N) is 1. The molecule has 2 fully saturated rings. The third-order valence-electron chi connectivity index (χ3n) is 7.46. The first-order chi connectivity index (χ1) is 18.0. The minimum Gasteiger partial charge on any atom is -0.437 e. The molecule has 0 atom stereocenters. The molecule has 6 rings (SSSR count). The summed E-state index contributed by atoms with van der Waals surface area (Å²) < 4.78 is 13.1. The molecule has 3 aromatic rings. The van der Waals surface area contributed by atoms with Crippen LogP contribution in [-0.4, -0.2) is 66.8 Å². The van der Waals surface area contributed by atoms with Gasteiger partial charge in [-0.1, -0.05) is 35.9 Å². The number of para-hydroxylation sites is 1. The van der Waals surface area contributed by atoms with E-state index in [4.69, 9.17) is 21.1 Å². The number of piperidine rings is 1. The van der Waals surface area contributed by atoms with Crippen LogP contribution in [0.3, 0.4) is 0 Å². The van der Waals surface area contributed by atoms with Crippen LogP contribution in [-0.2, 0) is 26.4 Å². The summed E-state index contributed by atoms with van der Waals surface area (Å²) in [6, 6.07) is 12.6. The van der Waals surface area contributed by atoms with Gasteiger partial charge < -0.3 is 24.3 Å². The van der Waals surface area contributed by atoms with Gasteiger partial charge in [-0.15, -0.1) is 0 Å². The number of rotatable bonds is 3. The molecular formula is C27H27ClN4O5. The molecule has 192 valence electrons. The van der Waals surface area contributed by atoms with E-state index in [9.17, 15) is 14.4 Å². The zero-order chi connectivity index (χ0) is 25.6. The van der Waals surface area contributed by atoms with Crippen LogP contribution in [0.5, 0.6) is 0 Å². The van der Waals surface area contributed by atoms with E-state index in [1.54, 1.807) is 39.9 Å². The van der Waals surface area contributed by atoms with E-state index in [2.05, 4.69) is 5.32 Å². The Morgan fingerprint density at radius 1 is 1.05 bits per heavy atom. The summed E-state index contributed by atoms with van der Waals surface area (Å²) in [6.07, 6.45) is 2.22. The molecule has 0 saturated carbocycles. The van der Waals surface area contributed by atoms with Gasteiger partial charge in [-0.05, 0) is 31.3 Å². The first kappa shape index (κ1) is 24.0. The van der Waals surface area contributed by atoms with Gasteiger partial charge in [-0.3, -0.25) is 9.59 Å². The van der Waals surface area contributed by atoms with Crippen LogP contribution in [0.15, 0.2) is 48.7 Å². The quantitative estimate of drug-likeness (QED) is 0.565. The molecule has 0 radical (unpaired) electrons. The van der Waals surface area contributed by atoms with Crippen LogP contribution in [0, 0.1) is 0 Å². The average molecular weight is 523 g/mol. The van der Waals surface area contributed by atoms with Gasteiger partial charge in [0.2, 0.25) is 5.91 Å². The number of ether oxygens (including phenoxy) is 2. The fourth-order valence-corrected chi connectivity index (χ4v) is 5.73. The van der Waals surface area contributed by atoms with Gasteiger partial charge in [0, 0.05) is 48.1 Å². The molecule has 3 amide bonds. The number of morpholine rings is 1. The number of carbonyl (C=O) groups is 3. The van der Waals surface area contributed by atoms with Crippen molar-refractivity contribution in [2.75, 3.05) is 44.3 Å². The molecule has 3 aliphatic heterocycles. The molecule has 3 aliphatic rings. The molecule has 0 unspecified atom stereocenters. The van der Waals surface area contributed by atoms with Crippen molar-refractivity contribution in [2.24, 2.45) is 0 Å². The highest BCUT2D eigenvalue weighted by atomic mass is 35.5. The van der Waals surface area contributed by atoms with Crippen LogP contribution in [0.25, 0.3) is 10.9 Å². The van der Waals surface area contributed by atoms with Crippen LogP contribution < -0.4 is 10.2 Å². The molecule has 2 saturated heterocycles. The summed E-state index contributed by atoms with van der Waals surface area (Å²) in [4.78, 5) is 43.3. The van der Waals surface area contributed by atoms with E-state index in [-0.39, 0.29) is 12.5 Å². The monoisotopic (exact) mass is 522 g/mol. The Bertz CT molecular complexity index is 1390. The Morgan fingerprint density at radius 2 is 1.81 bits per heavy atom. The van der Waals surface area contributed by atoms with Gasteiger partial charge in [-0.2, -0.15) is 0 Å². The number of fused-ring (bicyclic) bond motifs is 3. The molecule has 1 spiro atoms. The van der Waals surface area contributed by atoms with E-state index >= 15 is 0 Å². The van der Waals surface area contributed by atoms with Gasteiger partial charge in [-0.25, -0.2) is 9.69 Å². The van der Waals surface area contributed by atoms with Crippen molar-refractivity contribution in [3.8, 4) is 0 Å². The van der Waals surface area contributed by atoms with Crippen molar-refractivity contribution in [3.63, 3.8) is 0 Å². The second kappa shape index (κ2) is 9.48. The number of aromatic nitrogens is 1. The smallest absolute Gasteiger partial charge is 0.422 e. The molecule has 10 heteroatoms. The maximum absolute atomic E-state index is 14.0. The van der Waals surface area contributed by atoms with Crippen molar-refractivity contribution in [1.29, 1.82) is 0 Å². The van der Waals surface area contributed by atoms with Gasteiger partial charge >= 0.3 is 6.09 Å². The number of nitrogens with zero attached hydrogens (tertiary/aromatic N) is 3. The molecule has 9 nitrogen and oxygen atoms in total. The maximum atomic E-state index is 14.0. The zero-order valence-corrected chi connectivity index (χ0v) is 21.0. The predicted molar refractivity (Wildman–Crippen MR) is 138 cm³/mol. The standard InChI is InChI=1S/C27H27ClN4O5/c28-18-5-6-19-20(16-31(23(19)15-18)17-24(33)30-11-13-36-14-12-30)25(34)32-22-4-2-1-3-21(22)27(37-26(32)35)7-9-29-10-8-27/h1-6,15-16,29H,7-14,17H2. The predicted octanol–water partition coefficient (Wildman–Crippen LogP) is 3.53. The Hall–Kier alpha value is -3.40. The summed E-state index contributed by atoms with van der Waals surface area (Å²) in [6.45, 7) is 3.54. The van der Waals surface area contributed by atoms with Crippen LogP contribution in [0.2, 0.25) is 5.02 Å². The highest BCUT2D eigenvalue weighted by molar-refractivity contribution is 6.31. The Morgan fingerprint density at radius 3 is 2.59 bits per heavy atom. The number of hydrogen-bond acceptors (Lipinski definition) is 6. The molecule has 1 N–H and O–H groups in total. The van der Waals surface area contributed by atoms with Gasteiger partial charge in [0.1, 0.15) is 12.1 Å². The SMILES string of the molecule is O=C(Cn1cc(C(=O)N2C(=O)OC3(CCNCC3)c3ccccc32)c2ccc(Cl)cc21)N1CCOCC1. The third-order valence-corrected chi connectivity index (χ3v) is 7.69. The van der Waals surface area contributed by atoms with Gasteiger partial charge in [0.15, 0.2) is 0 Å². The fourth-order valence-electron chi connectivity index (χ4n) is 5.56. The minimum atomic E-state index is -0.748. The highest BCUT2D eigenvalue weighted by Gasteiger charge is 2.47. The van der Waals surface area contributed by atoms with Gasteiger partial charge in [0.05, 0.1) is 30.0 Å². The second-order valence-electron chi connectivity index (χ2n) is 9.60. The second-order valence-corrected chi connectivity index (χ2v) is 10.0. The Labute approximate surface area is 218 Å². The summed E-state index contributed by atoms with van der Waals surface area (Å²) in [5, 5.41) is 4.40. The number of amides is 3. The molecular weight excluding hydrogens is 496 g/mol. The summed E-state index contributed by atoms with van der Waals surface area (Å²) in [7, 11) is 0. The van der Waals surface area contributed by atoms with E-state index in [0.717, 1.165) is 23.6 Å². The number of imide groups is 1. The molecule has 37 heavy (non-hydrogen) atoms. The topological polar surface area (TPSA) is 93.1 Å². The van der Waals surface area contributed by atoms with Crippen molar-refractivity contribution < 1.29 is 23.9 Å². The van der Waals surface area contributed by atoms with E-state index < -0.39 is 17.6 Å². The summed E-state index contributed by atoms with van der Waals surface area (Å²) in [5.74, 6) is -0.583. The molecule has 4 heterocycles. The van der Waals surface area contributed by atoms with Crippen molar-refractivity contribution in [2.45, 2.75) is 25.0 Å². The number of benzene rings is 2. The molecule has 0 bridgehead atoms. The summed E-state index contributed by atoms with van der Waals surface area (Å²) in [5.41, 5.74) is 1.56. The summed E-state index contributed by atoms with van der Waals surface area (Å²) >= 11 is 6.29. The van der Waals surface area contributed by atoms with Crippen molar-refractivity contribution in [3.05, 3.63) is 64.8 Å². The van der Waals surface area contributed by atoms with Crippen molar-refractivity contribution >= 4 is 46.1 Å². The van der Waals surface area contributed by atoms with E-state index in [1.165, 1.54) is 0 Å². The van der Waals surface area contributed by atoms with Gasteiger partial charge in [0.25, 0.3) is 5.91 Å². The first-order valence-corrected chi connectivity index (χ1v) is 12.9. The van der Waals surface area contributed by atoms with Crippen LogP contribution >= 0.6 is 11.6 Å². The fraction of sp³-hybridized carbons (Fsp3) is 0.370. The average Bonchev–Trinajstić information content (AvgIpc) is 3.27. The number of carbonyl (C=O) groups excluding carboxylic acids is 3. The number of halogens is 1. The largest absolute Gasteiger partial charge is 0.437 e. The first-order valence-electron chi connectivity index (χ1n) is 12.5. The highest BCUT2D eigenvalue weighted by Crippen LogP contribution is 2.45. The lowest BCUT2D eigenvalue weighted by Gasteiger charge is -2.44. The lowest BCUT2D eigenvalue weighted by atomic mass is 9.82. The third kappa shape index (κ3) is 4.17. The minimum absolute atomic E-state index is 0.0429. The Kier molecular flexibility index (Phi) is 6.14. The maximum Gasteiger partial charge on any atom is 0.422 e. The molecule has 2 aromatic carbocycles.